The Labute approximate surface area is 212 Å². The van der Waals surface area contributed by atoms with E-state index in [0.717, 1.165) is 16.9 Å². The van der Waals surface area contributed by atoms with Crippen molar-refractivity contribution in [3.63, 3.8) is 0 Å². The van der Waals surface area contributed by atoms with Gasteiger partial charge in [-0.1, -0.05) is 33.8 Å². The lowest BCUT2D eigenvalue weighted by Crippen LogP contribution is -2.28. The van der Waals surface area contributed by atoms with Gasteiger partial charge in [0.25, 0.3) is 0 Å². The molecule has 2 aromatic carbocycles. The number of hydrogen-bond donors (Lipinski definition) is 1. The smallest absolute Gasteiger partial charge is 0.505 e. The zero-order valence-corrected chi connectivity index (χ0v) is 21.7. The number of hydrogen-bond acceptors (Lipinski definition) is 7. The van der Waals surface area contributed by atoms with Crippen LogP contribution in [0.15, 0.2) is 30.3 Å². The Balaban J connectivity index is 1.98. The Morgan fingerprint density at radius 1 is 1.00 bits per heavy atom. The maximum Gasteiger partial charge on any atom is 0.516 e. The Morgan fingerprint density at radius 3 is 2.19 bits per heavy atom. The fourth-order valence-electron chi connectivity index (χ4n) is 3.61. The van der Waals surface area contributed by atoms with Gasteiger partial charge in [0, 0.05) is 5.56 Å². The number of phenolic OH excluding ortho intramolecular Hbond substituents is 1. The van der Waals surface area contributed by atoms with Crippen molar-refractivity contribution in [2.24, 2.45) is 5.92 Å². The molecule has 0 aliphatic heterocycles. The lowest BCUT2D eigenvalue weighted by Gasteiger charge is -2.23. The predicted molar refractivity (Wildman–Crippen MR) is 129 cm³/mol. The summed E-state index contributed by atoms with van der Waals surface area (Å²) in [6, 6.07) is 6.28. The highest BCUT2D eigenvalue weighted by molar-refractivity contribution is 5.83. The van der Waals surface area contributed by atoms with Crippen LogP contribution in [0.1, 0.15) is 65.2 Å². The van der Waals surface area contributed by atoms with Crippen LogP contribution in [0.3, 0.4) is 0 Å². The summed E-state index contributed by atoms with van der Waals surface area (Å²) in [4.78, 5) is 25.4. The predicted octanol–water partition coefficient (Wildman–Crippen LogP) is 6.10. The fraction of sp³-hybridized carbons (Fsp3) is 0.462. The van der Waals surface area contributed by atoms with Crippen molar-refractivity contribution >= 4 is 23.2 Å². The number of rotatable bonds is 4. The van der Waals surface area contributed by atoms with E-state index in [2.05, 4.69) is 10.2 Å². The standard InChI is InChI=1S/C26H30F3N3O5/c1-14(22(34)36-23(35)37-25(5,6)7)10-15-11-17(24(2,3)4)21(33)20(12-15)32-30-18-9-8-16(26(27,28)29)13-19(18)31-32/h8-9,11-14,33H,10H2,1-7H3. The number of benzene rings is 2. The van der Waals surface area contributed by atoms with Gasteiger partial charge in [-0.2, -0.15) is 13.2 Å². The first-order valence-electron chi connectivity index (χ1n) is 11.6. The molecule has 0 spiro atoms. The van der Waals surface area contributed by atoms with Crippen molar-refractivity contribution in [3.8, 4) is 11.4 Å². The maximum absolute atomic E-state index is 13.1. The molecule has 0 amide bonds. The first-order chi connectivity index (χ1) is 16.8. The normalized spacial score (nSPS) is 13.5. The molecule has 0 bridgehead atoms. The van der Waals surface area contributed by atoms with Gasteiger partial charge in [0.15, 0.2) is 0 Å². The summed E-state index contributed by atoms with van der Waals surface area (Å²) in [6.07, 6.45) is -5.50. The van der Waals surface area contributed by atoms with Crippen molar-refractivity contribution in [3.05, 3.63) is 47.0 Å². The summed E-state index contributed by atoms with van der Waals surface area (Å²) in [7, 11) is 0. The largest absolute Gasteiger partial charge is 0.516 e. The SMILES string of the molecule is CC(Cc1cc(-n2nc3ccc(C(F)(F)F)cc3n2)c(O)c(C(C)(C)C)c1)C(=O)OC(=O)OC(C)(C)C. The second kappa shape index (κ2) is 9.68. The number of esters is 1. The van der Waals surface area contributed by atoms with Crippen LogP contribution in [-0.4, -0.2) is 37.8 Å². The van der Waals surface area contributed by atoms with Crippen molar-refractivity contribution in [1.29, 1.82) is 0 Å². The molecule has 37 heavy (non-hydrogen) atoms. The van der Waals surface area contributed by atoms with Gasteiger partial charge < -0.3 is 14.6 Å². The molecule has 8 nitrogen and oxygen atoms in total. The van der Waals surface area contributed by atoms with Crippen molar-refractivity contribution in [2.45, 2.75) is 72.1 Å². The Kier molecular flexibility index (Phi) is 7.31. The summed E-state index contributed by atoms with van der Waals surface area (Å²) in [5.41, 5.74) is -0.748. The lowest BCUT2D eigenvalue weighted by atomic mass is 9.84. The number of phenols is 1. The highest BCUT2D eigenvalue weighted by Gasteiger charge is 2.31. The molecule has 11 heteroatoms. The minimum absolute atomic E-state index is 0.00578. The lowest BCUT2D eigenvalue weighted by molar-refractivity contribution is -0.145. The average Bonchev–Trinajstić information content (AvgIpc) is 3.15. The number of alkyl halides is 3. The van der Waals surface area contributed by atoms with Crippen LogP contribution in [0, 0.1) is 5.92 Å². The zero-order valence-electron chi connectivity index (χ0n) is 21.7. The Bertz CT molecular complexity index is 1330. The van der Waals surface area contributed by atoms with Crippen LogP contribution in [0.2, 0.25) is 0 Å². The first-order valence-corrected chi connectivity index (χ1v) is 11.6. The topological polar surface area (TPSA) is 104 Å². The number of aromatic hydroxyl groups is 1. The van der Waals surface area contributed by atoms with Crippen molar-refractivity contribution in [2.75, 3.05) is 0 Å². The maximum atomic E-state index is 13.1. The summed E-state index contributed by atoms with van der Waals surface area (Å²) in [5.74, 6) is -1.68. The van der Waals surface area contributed by atoms with E-state index in [0.29, 0.717) is 11.1 Å². The van der Waals surface area contributed by atoms with Crippen LogP contribution < -0.4 is 0 Å². The Hall–Kier alpha value is -3.63. The monoisotopic (exact) mass is 521 g/mol. The zero-order chi connectivity index (χ0) is 27.9. The van der Waals surface area contributed by atoms with E-state index in [4.69, 9.17) is 9.47 Å². The molecule has 0 fully saturated rings. The Morgan fingerprint density at radius 2 is 1.62 bits per heavy atom. The van der Waals surface area contributed by atoms with E-state index in [1.165, 1.54) is 6.07 Å². The molecule has 1 N–H and O–H groups in total. The van der Waals surface area contributed by atoms with Crippen LogP contribution in [0.25, 0.3) is 16.7 Å². The summed E-state index contributed by atoms with van der Waals surface area (Å²) >= 11 is 0. The molecular weight excluding hydrogens is 491 g/mol. The summed E-state index contributed by atoms with van der Waals surface area (Å²) in [5, 5.41) is 19.5. The first kappa shape index (κ1) is 27.9. The number of halogens is 3. The van der Waals surface area contributed by atoms with Gasteiger partial charge >= 0.3 is 18.3 Å². The molecule has 1 unspecified atom stereocenters. The number of nitrogens with zero attached hydrogens (tertiary/aromatic N) is 3. The number of carbonyl (C=O) groups excluding carboxylic acids is 2. The van der Waals surface area contributed by atoms with Gasteiger partial charge in [-0.25, -0.2) is 4.79 Å². The average molecular weight is 522 g/mol. The fourth-order valence-corrected chi connectivity index (χ4v) is 3.61. The van der Waals surface area contributed by atoms with E-state index in [1.807, 2.05) is 20.8 Å². The quantitative estimate of drug-likeness (QED) is 0.327. The molecule has 0 aliphatic carbocycles. The van der Waals surface area contributed by atoms with E-state index in [1.54, 1.807) is 39.8 Å². The third kappa shape index (κ3) is 6.78. The van der Waals surface area contributed by atoms with Gasteiger partial charge in [0.1, 0.15) is 28.1 Å². The highest BCUT2D eigenvalue weighted by atomic mass is 19.4. The molecule has 0 saturated heterocycles. The summed E-state index contributed by atoms with van der Waals surface area (Å²) in [6.45, 7) is 12.1. The van der Waals surface area contributed by atoms with Gasteiger partial charge in [0.05, 0.1) is 11.5 Å². The molecular formula is C26H30F3N3O5. The highest BCUT2D eigenvalue weighted by Crippen LogP contribution is 2.37. The molecule has 1 aromatic heterocycles. The van der Waals surface area contributed by atoms with E-state index in [-0.39, 0.29) is 28.9 Å². The van der Waals surface area contributed by atoms with Crippen molar-refractivity contribution in [1.82, 2.24) is 15.0 Å². The molecule has 3 aromatic rings. The van der Waals surface area contributed by atoms with Crippen LogP contribution in [-0.2, 0) is 32.3 Å². The van der Waals surface area contributed by atoms with Gasteiger partial charge in [-0.05, 0) is 62.4 Å². The van der Waals surface area contributed by atoms with Crippen molar-refractivity contribution < 1.29 is 37.3 Å². The molecule has 3 rings (SSSR count). The molecule has 0 radical (unpaired) electrons. The third-order valence-electron chi connectivity index (χ3n) is 5.40. The number of ether oxygens (including phenoxy) is 2. The third-order valence-corrected chi connectivity index (χ3v) is 5.40. The molecule has 0 saturated carbocycles. The second-order valence-electron chi connectivity index (χ2n) is 10.9. The van der Waals surface area contributed by atoms with Crippen LogP contribution in [0.5, 0.6) is 5.75 Å². The van der Waals surface area contributed by atoms with Crippen LogP contribution in [0.4, 0.5) is 18.0 Å². The second-order valence-corrected chi connectivity index (χ2v) is 10.9. The van der Waals surface area contributed by atoms with E-state index < -0.39 is 40.8 Å². The van der Waals surface area contributed by atoms with E-state index in [9.17, 15) is 27.9 Å². The minimum atomic E-state index is -4.54. The molecule has 0 aliphatic rings. The van der Waals surface area contributed by atoms with E-state index >= 15 is 0 Å². The number of fused-ring (bicyclic) bond motifs is 1. The van der Waals surface area contributed by atoms with Gasteiger partial charge in [0.2, 0.25) is 0 Å². The van der Waals surface area contributed by atoms with Crippen LogP contribution >= 0.6 is 0 Å². The molecule has 1 atom stereocenters. The molecule has 200 valence electrons. The van der Waals surface area contributed by atoms with Gasteiger partial charge in [-0.15, -0.1) is 15.0 Å². The minimum Gasteiger partial charge on any atom is -0.505 e. The number of carbonyl (C=O) groups is 2. The molecule has 1 heterocycles. The number of aromatic nitrogens is 3. The van der Waals surface area contributed by atoms with Gasteiger partial charge in [-0.3, -0.25) is 4.79 Å². The summed E-state index contributed by atoms with van der Waals surface area (Å²) < 4.78 is 49.2.